The molecule has 2 aromatic heterocycles. The van der Waals surface area contributed by atoms with Gasteiger partial charge in [0, 0.05) is 31.9 Å². The summed E-state index contributed by atoms with van der Waals surface area (Å²) in [6, 6.07) is 14.5. The molecule has 0 bridgehead atoms. The van der Waals surface area contributed by atoms with Crippen molar-refractivity contribution in [2.45, 2.75) is 13.1 Å². The van der Waals surface area contributed by atoms with Crippen molar-refractivity contribution in [3.05, 3.63) is 59.9 Å². The number of hydrogen-bond acceptors (Lipinski definition) is 8. The van der Waals surface area contributed by atoms with Crippen LogP contribution >= 0.6 is 0 Å². The number of nitrogens with zero attached hydrogens (tertiary/aromatic N) is 5. The molecule has 1 aliphatic heterocycles. The van der Waals surface area contributed by atoms with Crippen LogP contribution in [-0.2, 0) is 13.1 Å². The van der Waals surface area contributed by atoms with E-state index in [-0.39, 0.29) is 5.95 Å². The van der Waals surface area contributed by atoms with Gasteiger partial charge in [-0.05, 0) is 29.3 Å². The van der Waals surface area contributed by atoms with Crippen molar-refractivity contribution in [2.24, 2.45) is 0 Å². The average Bonchev–Trinajstić information content (AvgIpc) is 3.21. The Labute approximate surface area is 185 Å². The number of nitrogens with one attached hydrogen (secondary N) is 1. The summed E-state index contributed by atoms with van der Waals surface area (Å²) in [7, 11) is 3.30. The molecule has 3 N–H and O–H groups in total. The van der Waals surface area contributed by atoms with Gasteiger partial charge in [0.25, 0.3) is 0 Å². The SMILES string of the molecule is COc1ccc(CN2CCN(c3nc(N)nc4nc[nH]c34)Cc3ccccc32)cc1OC. The Balaban J connectivity index is 1.48. The van der Waals surface area contributed by atoms with Gasteiger partial charge in [-0.3, -0.25) is 0 Å². The van der Waals surface area contributed by atoms with E-state index in [2.05, 4.69) is 60.1 Å². The average molecular weight is 432 g/mol. The first kappa shape index (κ1) is 19.9. The van der Waals surface area contributed by atoms with Crippen LogP contribution in [-0.4, -0.2) is 47.2 Å². The molecule has 0 saturated carbocycles. The highest BCUT2D eigenvalue weighted by Crippen LogP contribution is 2.32. The van der Waals surface area contributed by atoms with E-state index in [1.54, 1.807) is 20.5 Å². The maximum atomic E-state index is 5.97. The van der Waals surface area contributed by atoms with E-state index >= 15 is 0 Å². The van der Waals surface area contributed by atoms with E-state index in [9.17, 15) is 0 Å². The summed E-state index contributed by atoms with van der Waals surface area (Å²) in [5.74, 6) is 2.45. The predicted molar refractivity (Wildman–Crippen MR) is 124 cm³/mol. The summed E-state index contributed by atoms with van der Waals surface area (Å²) in [5.41, 5.74) is 10.9. The number of nitrogen functional groups attached to an aromatic ring is 1. The third-order valence-electron chi connectivity index (χ3n) is 5.74. The maximum absolute atomic E-state index is 5.97. The van der Waals surface area contributed by atoms with Crippen LogP contribution in [0.4, 0.5) is 17.5 Å². The molecule has 0 saturated heterocycles. The number of rotatable bonds is 5. The number of benzene rings is 2. The minimum atomic E-state index is 0.222. The molecule has 3 heterocycles. The number of ether oxygens (including phenoxy) is 2. The lowest BCUT2D eigenvalue weighted by Crippen LogP contribution is -2.32. The Morgan fingerprint density at radius 1 is 1.03 bits per heavy atom. The van der Waals surface area contributed by atoms with Crippen LogP contribution in [0.1, 0.15) is 11.1 Å². The molecule has 32 heavy (non-hydrogen) atoms. The van der Waals surface area contributed by atoms with E-state index in [0.29, 0.717) is 12.2 Å². The molecule has 0 fully saturated rings. The van der Waals surface area contributed by atoms with Crippen LogP contribution in [0.2, 0.25) is 0 Å². The van der Waals surface area contributed by atoms with Crippen LogP contribution in [0.5, 0.6) is 11.5 Å². The molecular formula is C23H25N7O2. The minimum absolute atomic E-state index is 0.222. The summed E-state index contributed by atoms with van der Waals surface area (Å²) in [4.78, 5) is 20.8. The number of anilines is 3. The van der Waals surface area contributed by atoms with Crippen molar-refractivity contribution >= 4 is 28.6 Å². The van der Waals surface area contributed by atoms with Crippen molar-refractivity contribution in [1.82, 2.24) is 19.9 Å². The standard InChI is InChI=1S/C23H25N7O2/c1-31-18-8-7-15(11-19(18)32-2)12-29-9-10-30(13-16-5-3-4-6-17(16)29)22-20-21(26-14-25-20)27-23(24)28-22/h3-8,11,14H,9-10,12-13H2,1-2H3,(H3,24,25,26,27,28). The molecule has 0 atom stereocenters. The summed E-state index contributed by atoms with van der Waals surface area (Å²) in [6.45, 7) is 3.04. The number of para-hydroxylation sites is 1. The van der Waals surface area contributed by atoms with E-state index in [1.807, 2.05) is 12.1 Å². The summed E-state index contributed by atoms with van der Waals surface area (Å²) in [6.07, 6.45) is 1.62. The number of H-pyrrole nitrogens is 1. The zero-order valence-corrected chi connectivity index (χ0v) is 18.1. The van der Waals surface area contributed by atoms with Gasteiger partial charge < -0.3 is 30.0 Å². The fourth-order valence-electron chi connectivity index (χ4n) is 4.21. The lowest BCUT2D eigenvalue weighted by Gasteiger charge is -2.25. The Hall–Kier alpha value is -4.01. The number of aromatic amines is 1. The van der Waals surface area contributed by atoms with Crippen molar-refractivity contribution in [2.75, 3.05) is 42.8 Å². The second-order valence-corrected chi connectivity index (χ2v) is 7.67. The van der Waals surface area contributed by atoms with E-state index in [0.717, 1.165) is 48.0 Å². The van der Waals surface area contributed by atoms with Crippen LogP contribution in [0, 0.1) is 0 Å². The number of imidazole rings is 1. The van der Waals surface area contributed by atoms with Gasteiger partial charge in [0.1, 0.15) is 5.52 Å². The summed E-state index contributed by atoms with van der Waals surface area (Å²) in [5, 5.41) is 0. The topological polar surface area (TPSA) is 105 Å². The van der Waals surface area contributed by atoms with Gasteiger partial charge in [0.15, 0.2) is 23.0 Å². The largest absolute Gasteiger partial charge is 0.493 e. The van der Waals surface area contributed by atoms with Crippen LogP contribution in [0.25, 0.3) is 11.2 Å². The first-order valence-electron chi connectivity index (χ1n) is 10.4. The maximum Gasteiger partial charge on any atom is 0.224 e. The summed E-state index contributed by atoms with van der Waals surface area (Å²) < 4.78 is 10.9. The lowest BCUT2D eigenvalue weighted by atomic mass is 10.1. The normalized spacial score (nSPS) is 13.7. The van der Waals surface area contributed by atoms with Gasteiger partial charge in [-0.15, -0.1) is 0 Å². The highest BCUT2D eigenvalue weighted by atomic mass is 16.5. The fraction of sp³-hybridized carbons (Fsp3) is 0.261. The molecule has 4 aromatic rings. The van der Waals surface area contributed by atoms with Crippen LogP contribution in [0.3, 0.4) is 0 Å². The molecule has 9 nitrogen and oxygen atoms in total. The molecule has 0 aliphatic carbocycles. The first-order valence-corrected chi connectivity index (χ1v) is 10.4. The Morgan fingerprint density at radius 3 is 2.72 bits per heavy atom. The van der Waals surface area contributed by atoms with Crippen molar-refractivity contribution in [3.8, 4) is 11.5 Å². The molecule has 0 spiro atoms. The molecular weight excluding hydrogens is 406 g/mol. The molecule has 164 valence electrons. The monoisotopic (exact) mass is 431 g/mol. The number of fused-ring (bicyclic) bond motifs is 2. The van der Waals surface area contributed by atoms with Gasteiger partial charge >= 0.3 is 0 Å². The Morgan fingerprint density at radius 2 is 1.88 bits per heavy atom. The quantitative estimate of drug-likeness (QED) is 0.497. The highest BCUT2D eigenvalue weighted by molar-refractivity contribution is 5.84. The van der Waals surface area contributed by atoms with E-state index in [1.165, 1.54) is 11.3 Å². The summed E-state index contributed by atoms with van der Waals surface area (Å²) >= 11 is 0. The smallest absolute Gasteiger partial charge is 0.224 e. The van der Waals surface area contributed by atoms with Gasteiger partial charge in [0.05, 0.1) is 20.5 Å². The molecule has 5 rings (SSSR count). The van der Waals surface area contributed by atoms with E-state index < -0.39 is 0 Å². The van der Waals surface area contributed by atoms with Crippen molar-refractivity contribution in [3.63, 3.8) is 0 Å². The zero-order valence-electron chi connectivity index (χ0n) is 18.1. The van der Waals surface area contributed by atoms with E-state index in [4.69, 9.17) is 15.2 Å². The van der Waals surface area contributed by atoms with Crippen LogP contribution < -0.4 is 25.0 Å². The van der Waals surface area contributed by atoms with Gasteiger partial charge in [0.2, 0.25) is 5.95 Å². The molecule has 0 amide bonds. The van der Waals surface area contributed by atoms with Gasteiger partial charge in [-0.1, -0.05) is 24.3 Å². The van der Waals surface area contributed by atoms with Gasteiger partial charge in [-0.25, -0.2) is 4.98 Å². The number of aromatic nitrogens is 4. The molecule has 0 radical (unpaired) electrons. The van der Waals surface area contributed by atoms with Crippen molar-refractivity contribution in [1.29, 1.82) is 0 Å². The molecule has 0 unspecified atom stereocenters. The number of hydrogen-bond donors (Lipinski definition) is 2. The fourth-order valence-corrected chi connectivity index (χ4v) is 4.21. The van der Waals surface area contributed by atoms with Crippen LogP contribution in [0.15, 0.2) is 48.8 Å². The zero-order chi connectivity index (χ0) is 22.1. The second-order valence-electron chi connectivity index (χ2n) is 7.67. The molecule has 2 aromatic carbocycles. The lowest BCUT2D eigenvalue weighted by molar-refractivity contribution is 0.354. The molecule has 9 heteroatoms. The second kappa shape index (κ2) is 8.26. The minimum Gasteiger partial charge on any atom is -0.493 e. The highest BCUT2D eigenvalue weighted by Gasteiger charge is 2.23. The Kier molecular flexibility index (Phi) is 5.14. The third-order valence-corrected chi connectivity index (χ3v) is 5.74. The Bertz CT molecular complexity index is 1260. The van der Waals surface area contributed by atoms with Gasteiger partial charge in [-0.2, -0.15) is 9.97 Å². The molecule has 1 aliphatic rings. The number of nitrogens with two attached hydrogens (primary N) is 1. The van der Waals surface area contributed by atoms with Crippen molar-refractivity contribution < 1.29 is 9.47 Å². The number of methoxy groups -OCH3 is 2. The predicted octanol–water partition coefficient (Wildman–Crippen LogP) is 2.98. The third kappa shape index (κ3) is 3.62. The first-order chi connectivity index (χ1) is 15.7.